The van der Waals surface area contributed by atoms with E-state index in [0.717, 1.165) is 4.70 Å². The van der Waals surface area contributed by atoms with Gasteiger partial charge in [0.15, 0.2) is 16.6 Å². The van der Waals surface area contributed by atoms with E-state index in [4.69, 9.17) is 13.9 Å². The number of aromatic nitrogens is 1. The number of carbonyl (C=O) groups excluding carboxylic acids is 2. The van der Waals surface area contributed by atoms with Crippen molar-refractivity contribution in [3.8, 4) is 11.5 Å². The molecule has 1 N–H and O–H groups in total. The zero-order chi connectivity index (χ0) is 21.8. The number of para-hydroxylation sites is 1. The maximum Gasteiger partial charge on any atom is 0.302 e. The summed E-state index contributed by atoms with van der Waals surface area (Å²) in [6.07, 6.45) is 1.45. The van der Waals surface area contributed by atoms with Crippen molar-refractivity contribution in [3.05, 3.63) is 77.8 Å². The minimum atomic E-state index is -0.962. The summed E-state index contributed by atoms with van der Waals surface area (Å²) in [4.78, 5) is 32.1. The summed E-state index contributed by atoms with van der Waals surface area (Å²) in [5.41, 5.74) is 0.958. The highest BCUT2D eigenvalue weighted by molar-refractivity contribution is 7.22. The third-order valence-corrected chi connectivity index (χ3v) is 6.43. The maximum atomic E-state index is 13.1. The lowest BCUT2D eigenvalue weighted by molar-refractivity contribution is -0.132. The van der Waals surface area contributed by atoms with E-state index < -0.39 is 17.7 Å². The molecule has 0 saturated carbocycles. The van der Waals surface area contributed by atoms with Crippen LogP contribution >= 0.6 is 11.3 Å². The first-order chi connectivity index (χ1) is 15.6. The average molecular weight is 446 g/mol. The molecule has 2 aromatic carbocycles. The van der Waals surface area contributed by atoms with E-state index in [1.54, 1.807) is 30.3 Å². The number of nitrogens with zero attached hydrogens (tertiary/aromatic N) is 2. The number of amides is 1. The van der Waals surface area contributed by atoms with E-state index in [9.17, 15) is 14.7 Å². The van der Waals surface area contributed by atoms with Crippen LogP contribution in [0.5, 0.6) is 11.5 Å². The van der Waals surface area contributed by atoms with E-state index >= 15 is 0 Å². The number of ether oxygens (including phenoxy) is 2. The monoisotopic (exact) mass is 446 g/mol. The summed E-state index contributed by atoms with van der Waals surface area (Å²) in [6.45, 7) is 0.0773. The van der Waals surface area contributed by atoms with Crippen LogP contribution in [0.4, 0.5) is 5.13 Å². The number of thiazole rings is 1. The third-order valence-electron chi connectivity index (χ3n) is 5.39. The molecule has 0 radical (unpaired) electrons. The summed E-state index contributed by atoms with van der Waals surface area (Å²) in [6, 6.07) is 14.6. The Morgan fingerprint density at radius 3 is 2.72 bits per heavy atom. The number of ketones is 1. The van der Waals surface area contributed by atoms with Crippen molar-refractivity contribution in [1.29, 1.82) is 0 Å². The van der Waals surface area contributed by atoms with Crippen molar-refractivity contribution < 1.29 is 28.6 Å². The number of carbonyl (C=O) groups is 2. The minimum absolute atomic E-state index is 0.0773. The molecule has 0 aliphatic carbocycles. The van der Waals surface area contributed by atoms with Gasteiger partial charge in [0.25, 0.3) is 5.78 Å². The number of aliphatic hydroxyl groups excluding tert-OH is 1. The Hall–Kier alpha value is -4.11. The van der Waals surface area contributed by atoms with Crippen LogP contribution in [0.3, 0.4) is 0 Å². The summed E-state index contributed by atoms with van der Waals surface area (Å²) >= 11 is 1.29. The Morgan fingerprint density at radius 2 is 1.91 bits per heavy atom. The van der Waals surface area contributed by atoms with Crippen LogP contribution in [-0.4, -0.2) is 28.6 Å². The predicted molar refractivity (Wildman–Crippen MR) is 116 cm³/mol. The van der Waals surface area contributed by atoms with Gasteiger partial charge in [-0.05, 0) is 42.5 Å². The molecule has 0 spiro atoms. The van der Waals surface area contributed by atoms with E-state index in [1.165, 1.54) is 22.5 Å². The Balaban J connectivity index is 1.54. The van der Waals surface area contributed by atoms with Crippen LogP contribution in [0.25, 0.3) is 16.0 Å². The number of rotatable bonds is 3. The summed E-state index contributed by atoms with van der Waals surface area (Å²) in [5, 5.41) is 11.5. The second-order valence-corrected chi connectivity index (χ2v) is 8.23. The van der Waals surface area contributed by atoms with E-state index in [-0.39, 0.29) is 18.1 Å². The van der Waals surface area contributed by atoms with Crippen LogP contribution < -0.4 is 14.4 Å². The zero-order valence-corrected chi connectivity index (χ0v) is 17.2. The molecule has 1 amide bonds. The van der Waals surface area contributed by atoms with Gasteiger partial charge in [0.2, 0.25) is 6.79 Å². The van der Waals surface area contributed by atoms with Crippen LogP contribution in [0.2, 0.25) is 0 Å². The Labute approximate surface area is 184 Å². The molecule has 1 unspecified atom stereocenters. The van der Waals surface area contributed by atoms with Gasteiger partial charge in [0.1, 0.15) is 17.6 Å². The molecule has 1 saturated heterocycles. The normalized spacial score (nSPS) is 19.2. The Bertz CT molecular complexity index is 1390. The van der Waals surface area contributed by atoms with Crippen molar-refractivity contribution in [2.45, 2.75) is 6.04 Å². The maximum absolute atomic E-state index is 13.1. The molecule has 1 atom stereocenters. The molecule has 2 aliphatic rings. The van der Waals surface area contributed by atoms with E-state index in [0.29, 0.717) is 33.5 Å². The van der Waals surface area contributed by atoms with Crippen LogP contribution in [0.1, 0.15) is 17.4 Å². The summed E-state index contributed by atoms with van der Waals surface area (Å²) < 4.78 is 17.1. The third kappa shape index (κ3) is 2.71. The molecular formula is C23H14N2O6S. The molecule has 9 heteroatoms. The fourth-order valence-corrected chi connectivity index (χ4v) is 4.90. The molecule has 4 aromatic rings. The fourth-order valence-electron chi connectivity index (χ4n) is 3.91. The van der Waals surface area contributed by atoms with Crippen LogP contribution in [-0.2, 0) is 9.59 Å². The predicted octanol–water partition coefficient (Wildman–Crippen LogP) is 4.24. The highest BCUT2D eigenvalue weighted by Crippen LogP contribution is 2.45. The average Bonchev–Trinajstić information content (AvgIpc) is 3.59. The lowest BCUT2D eigenvalue weighted by Gasteiger charge is -2.20. The number of anilines is 1. The topological polar surface area (TPSA) is 102 Å². The van der Waals surface area contributed by atoms with Gasteiger partial charge in [-0.25, -0.2) is 4.98 Å². The number of furan rings is 1. The van der Waals surface area contributed by atoms with Gasteiger partial charge >= 0.3 is 5.91 Å². The smallest absolute Gasteiger partial charge is 0.302 e. The summed E-state index contributed by atoms with van der Waals surface area (Å²) in [7, 11) is 0. The van der Waals surface area contributed by atoms with Gasteiger partial charge in [-0.2, -0.15) is 0 Å². The Kier molecular flexibility index (Phi) is 4.05. The highest BCUT2D eigenvalue weighted by atomic mass is 32.1. The van der Waals surface area contributed by atoms with Gasteiger partial charge in [-0.15, -0.1) is 0 Å². The molecule has 6 rings (SSSR count). The fraction of sp³-hybridized carbons (Fsp3) is 0.0870. The number of aliphatic hydroxyl groups is 1. The van der Waals surface area contributed by atoms with Gasteiger partial charge in [-0.1, -0.05) is 23.5 Å². The van der Waals surface area contributed by atoms with Crippen LogP contribution in [0.15, 0.2) is 70.9 Å². The molecule has 2 aromatic heterocycles. The zero-order valence-electron chi connectivity index (χ0n) is 16.3. The SMILES string of the molecule is O=C1C(=O)N(c2nc3ccccc3s2)C(c2ccco2)/C1=C(\O)c1ccc2c(c1)OCO2. The number of Topliss-reactive ketones (excluding diaryl/α,β-unsaturated/α-hetero) is 1. The lowest BCUT2D eigenvalue weighted by Crippen LogP contribution is -2.29. The largest absolute Gasteiger partial charge is 0.507 e. The number of hydrogen-bond donors (Lipinski definition) is 1. The standard InChI is InChI=1S/C23H14N2O6S/c26-20(12-7-8-14-16(10-12)31-11-30-14)18-19(15-5-3-9-29-15)25(22(28)21(18)27)23-24-13-4-1-2-6-17(13)32-23/h1-10,19,26H,11H2/b20-18+. The highest BCUT2D eigenvalue weighted by Gasteiger charge is 2.49. The van der Waals surface area contributed by atoms with Gasteiger partial charge in [0.05, 0.1) is 22.1 Å². The molecule has 32 heavy (non-hydrogen) atoms. The quantitative estimate of drug-likeness (QED) is 0.285. The molecule has 2 aliphatic heterocycles. The van der Waals surface area contributed by atoms with Gasteiger partial charge in [0, 0.05) is 5.56 Å². The number of benzene rings is 2. The van der Waals surface area contributed by atoms with Crippen molar-refractivity contribution in [2.24, 2.45) is 0 Å². The van der Waals surface area contributed by atoms with Crippen molar-refractivity contribution in [3.63, 3.8) is 0 Å². The van der Waals surface area contributed by atoms with E-state index in [2.05, 4.69) is 4.98 Å². The van der Waals surface area contributed by atoms with Crippen molar-refractivity contribution in [2.75, 3.05) is 11.7 Å². The lowest BCUT2D eigenvalue weighted by atomic mass is 9.99. The molecule has 8 nitrogen and oxygen atoms in total. The van der Waals surface area contributed by atoms with Crippen molar-refractivity contribution >= 4 is 44.1 Å². The van der Waals surface area contributed by atoms with Crippen molar-refractivity contribution in [1.82, 2.24) is 4.98 Å². The minimum Gasteiger partial charge on any atom is -0.507 e. The Morgan fingerprint density at radius 1 is 1.06 bits per heavy atom. The summed E-state index contributed by atoms with van der Waals surface area (Å²) in [5.74, 6) is -0.603. The number of fused-ring (bicyclic) bond motifs is 2. The van der Waals surface area contributed by atoms with Crippen LogP contribution in [0, 0.1) is 0 Å². The molecule has 4 heterocycles. The molecule has 1 fully saturated rings. The first-order valence-corrected chi connectivity index (χ1v) is 10.5. The molecular weight excluding hydrogens is 432 g/mol. The van der Waals surface area contributed by atoms with Gasteiger partial charge < -0.3 is 19.0 Å². The second-order valence-electron chi connectivity index (χ2n) is 7.22. The van der Waals surface area contributed by atoms with E-state index in [1.807, 2.05) is 24.3 Å². The first-order valence-electron chi connectivity index (χ1n) is 9.72. The van der Waals surface area contributed by atoms with Gasteiger partial charge in [-0.3, -0.25) is 14.5 Å². The molecule has 0 bridgehead atoms. The first kappa shape index (κ1) is 18.6. The molecule has 158 valence electrons. The second kappa shape index (κ2) is 6.96. The number of hydrogen-bond acceptors (Lipinski definition) is 8.